The van der Waals surface area contributed by atoms with Crippen LogP contribution in [0.15, 0.2) is 29.3 Å². The standard InChI is InChI=1S/C25H32F2N4O6S/c1-16-21(14-30(28-16)24(26)27)38(34,35)31-13-18(12-22(32)29-8-5-9-29)37-20-7-6-17(10-19(20)31)11-23(33)36-15-25(2,3)4/h6-7,10,14,18,24H,5,8-9,11-13,15H2,1-4H3/t18-/m0/s1. The van der Waals surface area contributed by atoms with Crippen LogP contribution in [0, 0.1) is 12.3 Å². The predicted molar refractivity (Wildman–Crippen MR) is 134 cm³/mol. The van der Waals surface area contributed by atoms with Crippen molar-refractivity contribution < 1.29 is 36.3 Å². The van der Waals surface area contributed by atoms with E-state index in [-0.39, 0.29) is 64.0 Å². The number of fused-ring (bicyclic) bond motifs is 1. The molecule has 0 unspecified atom stereocenters. The Morgan fingerprint density at radius 1 is 1.24 bits per heavy atom. The van der Waals surface area contributed by atoms with E-state index in [0.29, 0.717) is 18.7 Å². The zero-order valence-electron chi connectivity index (χ0n) is 21.8. The normalized spacial score (nSPS) is 17.6. The molecule has 1 atom stereocenters. The number of ether oxygens (including phenoxy) is 2. The molecule has 10 nitrogen and oxygen atoms in total. The van der Waals surface area contributed by atoms with Crippen LogP contribution < -0.4 is 9.04 Å². The quantitative estimate of drug-likeness (QED) is 0.461. The SMILES string of the molecule is Cc1nn(C(F)F)cc1S(=O)(=O)N1C[C@H](CC(=O)N2CCC2)Oc2ccc(CC(=O)OCC(C)(C)C)cc21. The highest BCUT2D eigenvalue weighted by Crippen LogP contribution is 2.39. The Labute approximate surface area is 220 Å². The summed E-state index contributed by atoms with van der Waals surface area (Å²) in [6, 6.07) is 4.67. The van der Waals surface area contributed by atoms with Crippen LogP contribution in [0.2, 0.25) is 0 Å². The van der Waals surface area contributed by atoms with Gasteiger partial charge in [0.25, 0.3) is 10.0 Å². The summed E-state index contributed by atoms with van der Waals surface area (Å²) in [4.78, 5) is 26.3. The molecule has 13 heteroatoms. The molecule has 0 bridgehead atoms. The van der Waals surface area contributed by atoms with E-state index < -0.39 is 28.6 Å². The van der Waals surface area contributed by atoms with Gasteiger partial charge in [0.05, 0.1) is 43.6 Å². The number of aryl methyl sites for hydroxylation is 1. The van der Waals surface area contributed by atoms with Gasteiger partial charge in [-0.05, 0) is 36.5 Å². The van der Waals surface area contributed by atoms with E-state index in [9.17, 15) is 26.8 Å². The number of alkyl halides is 2. The van der Waals surface area contributed by atoms with Crippen molar-refractivity contribution in [3.8, 4) is 5.75 Å². The zero-order valence-corrected chi connectivity index (χ0v) is 22.6. The Kier molecular flexibility index (Phi) is 7.69. The van der Waals surface area contributed by atoms with Gasteiger partial charge in [-0.1, -0.05) is 26.8 Å². The third-order valence-corrected chi connectivity index (χ3v) is 8.10. The van der Waals surface area contributed by atoms with Gasteiger partial charge in [-0.3, -0.25) is 13.9 Å². The number of hydrogen-bond acceptors (Lipinski definition) is 7. The first-order valence-electron chi connectivity index (χ1n) is 12.3. The van der Waals surface area contributed by atoms with Gasteiger partial charge in [-0.25, -0.2) is 13.1 Å². The number of anilines is 1. The summed E-state index contributed by atoms with van der Waals surface area (Å²) in [5, 5.41) is 3.64. The summed E-state index contributed by atoms with van der Waals surface area (Å²) in [6.45, 7) is 5.41. The van der Waals surface area contributed by atoms with Crippen molar-refractivity contribution in [3.63, 3.8) is 0 Å². The lowest BCUT2D eigenvalue weighted by atomic mass is 9.99. The van der Waals surface area contributed by atoms with Crippen LogP contribution in [0.25, 0.3) is 0 Å². The molecule has 2 aromatic rings. The smallest absolute Gasteiger partial charge is 0.333 e. The largest absolute Gasteiger partial charge is 0.486 e. The molecular formula is C25H32F2N4O6S. The molecule has 38 heavy (non-hydrogen) atoms. The molecule has 3 heterocycles. The molecule has 1 amide bonds. The highest BCUT2D eigenvalue weighted by atomic mass is 32.2. The number of nitrogens with zero attached hydrogens (tertiary/aromatic N) is 4. The number of carbonyl (C=O) groups is 2. The molecule has 0 saturated carbocycles. The fourth-order valence-electron chi connectivity index (χ4n) is 4.14. The summed E-state index contributed by atoms with van der Waals surface area (Å²) < 4.78 is 66.7. The second-order valence-electron chi connectivity index (χ2n) is 10.8. The number of sulfonamides is 1. The summed E-state index contributed by atoms with van der Waals surface area (Å²) >= 11 is 0. The van der Waals surface area contributed by atoms with E-state index in [0.717, 1.165) is 16.9 Å². The van der Waals surface area contributed by atoms with Crippen LogP contribution in [0.4, 0.5) is 14.5 Å². The predicted octanol–water partition coefficient (Wildman–Crippen LogP) is 3.30. The summed E-state index contributed by atoms with van der Waals surface area (Å²) in [6.07, 6.45) is 0.768. The first-order chi connectivity index (χ1) is 17.7. The van der Waals surface area contributed by atoms with Crippen LogP contribution in [0.1, 0.15) is 51.4 Å². The molecule has 0 radical (unpaired) electrons. The maximum Gasteiger partial charge on any atom is 0.333 e. The third-order valence-electron chi connectivity index (χ3n) is 6.22. The highest BCUT2D eigenvalue weighted by Gasteiger charge is 2.38. The van der Waals surface area contributed by atoms with Crippen LogP contribution in [0.3, 0.4) is 0 Å². The van der Waals surface area contributed by atoms with Gasteiger partial charge < -0.3 is 14.4 Å². The number of esters is 1. The lowest BCUT2D eigenvalue weighted by Crippen LogP contribution is -2.48. The minimum Gasteiger partial charge on any atom is -0.486 e. The van der Waals surface area contributed by atoms with Crippen LogP contribution >= 0.6 is 0 Å². The average Bonchev–Trinajstić information content (AvgIpc) is 3.18. The van der Waals surface area contributed by atoms with Crippen molar-refractivity contribution in [3.05, 3.63) is 35.7 Å². The topological polar surface area (TPSA) is 111 Å². The molecule has 0 aliphatic carbocycles. The Balaban J connectivity index is 1.66. The number of hydrogen-bond donors (Lipinski definition) is 0. The van der Waals surface area contributed by atoms with Crippen molar-refractivity contribution in [2.24, 2.45) is 5.41 Å². The highest BCUT2D eigenvalue weighted by molar-refractivity contribution is 7.92. The second kappa shape index (κ2) is 10.5. The van der Waals surface area contributed by atoms with Gasteiger partial charge in [0.2, 0.25) is 5.91 Å². The molecule has 0 N–H and O–H groups in total. The minimum atomic E-state index is -4.38. The first kappa shape index (κ1) is 27.8. The number of likely N-dealkylation sites (tertiary alicyclic amines) is 1. The van der Waals surface area contributed by atoms with Crippen LogP contribution in [-0.4, -0.2) is 67.3 Å². The Morgan fingerprint density at radius 2 is 1.95 bits per heavy atom. The zero-order chi connectivity index (χ0) is 27.8. The second-order valence-corrected chi connectivity index (χ2v) is 12.6. The van der Waals surface area contributed by atoms with Gasteiger partial charge in [0, 0.05) is 13.1 Å². The summed E-state index contributed by atoms with van der Waals surface area (Å²) in [5.74, 6) is -0.424. The molecule has 1 fully saturated rings. The van der Waals surface area contributed by atoms with E-state index in [1.807, 2.05) is 20.8 Å². The number of halogens is 2. The van der Waals surface area contributed by atoms with Crippen LogP contribution in [0.5, 0.6) is 5.75 Å². The maximum absolute atomic E-state index is 13.8. The van der Waals surface area contributed by atoms with Gasteiger partial charge in [0.15, 0.2) is 0 Å². The van der Waals surface area contributed by atoms with Crippen molar-refractivity contribution in [2.45, 2.75) is 64.5 Å². The molecule has 4 rings (SSSR count). The number of aromatic nitrogens is 2. The molecule has 1 aromatic carbocycles. The first-order valence-corrected chi connectivity index (χ1v) is 13.8. The van der Waals surface area contributed by atoms with Gasteiger partial charge in [-0.15, -0.1) is 0 Å². The Hall–Kier alpha value is -3.22. The number of amides is 1. The molecule has 2 aliphatic heterocycles. The van der Waals surface area contributed by atoms with E-state index >= 15 is 0 Å². The monoisotopic (exact) mass is 554 g/mol. The number of rotatable bonds is 8. The number of benzene rings is 1. The number of carbonyl (C=O) groups excluding carboxylic acids is 2. The van der Waals surface area contributed by atoms with Crippen molar-refractivity contribution in [2.75, 3.05) is 30.5 Å². The lowest BCUT2D eigenvalue weighted by Gasteiger charge is -2.37. The van der Waals surface area contributed by atoms with E-state index in [2.05, 4.69) is 5.10 Å². The Morgan fingerprint density at radius 3 is 2.53 bits per heavy atom. The molecule has 1 aromatic heterocycles. The fourth-order valence-corrected chi connectivity index (χ4v) is 5.80. The maximum atomic E-state index is 13.8. The van der Waals surface area contributed by atoms with E-state index in [4.69, 9.17) is 9.47 Å². The molecular weight excluding hydrogens is 522 g/mol. The molecule has 2 aliphatic rings. The van der Waals surface area contributed by atoms with E-state index in [1.54, 1.807) is 17.0 Å². The average molecular weight is 555 g/mol. The molecule has 208 valence electrons. The lowest BCUT2D eigenvalue weighted by molar-refractivity contribution is -0.145. The molecule has 1 saturated heterocycles. The van der Waals surface area contributed by atoms with Gasteiger partial charge >= 0.3 is 12.5 Å². The summed E-state index contributed by atoms with van der Waals surface area (Å²) in [5.41, 5.74) is 0.325. The van der Waals surface area contributed by atoms with E-state index in [1.165, 1.54) is 13.0 Å². The fraction of sp³-hybridized carbons (Fsp3) is 0.560. The van der Waals surface area contributed by atoms with Crippen molar-refractivity contribution in [1.82, 2.24) is 14.7 Å². The summed E-state index contributed by atoms with van der Waals surface area (Å²) in [7, 11) is -4.38. The molecule has 0 spiro atoms. The van der Waals surface area contributed by atoms with Crippen molar-refractivity contribution in [1.29, 1.82) is 0 Å². The van der Waals surface area contributed by atoms with Crippen molar-refractivity contribution >= 4 is 27.6 Å². The van der Waals surface area contributed by atoms with Gasteiger partial charge in [0.1, 0.15) is 16.7 Å². The van der Waals surface area contributed by atoms with Crippen LogP contribution in [-0.2, 0) is 30.8 Å². The third kappa shape index (κ3) is 6.08. The Bertz CT molecular complexity index is 1320. The minimum absolute atomic E-state index is 0.0401. The van der Waals surface area contributed by atoms with Gasteiger partial charge in [-0.2, -0.15) is 13.9 Å².